The molecule has 3 fully saturated rings. The van der Waals surface area contributed by atoms with Gasteiger partial charge >= 0.3 is 0 Å². The molecule has 1 N–H and O–H groups in total. The van der Waals surface area contributed by atoms with E-state index in [4.69, 9.17) is 1.37 Å². The molecule has 1 nitrogen and oxygen atoms in total. The number of hydrogen-bond donors (Lipinski definition) is 1. The van der Waals surface area contributed by atoms with E-state index < -0.39 is 0 Å². The van der Waals surface area contributed by atoms with Gasteiger partial charge < -0.3 is 5.11 Å². The smallest absolute Gasteiger partial charge is 0.0577 e. The van der Waals surface area contributed by atoms with E-state index in [9.17, 15) is 5.11 Å². The van der Waals surface area contributed by atoms with Gasteiger partial charge in [-0.15, -0.1) is 0 Å². The molecule has 3 saturated carbocycles. The first kappa shape index (κ1) is 19.7. The number of allylic oxidation sites excluding steroid dienone is 1. The lowest BCUT2D eigenvalue weighted by Crippen LogP contribution is -2.50. The van der Waals surface area contributed by atoms with Crippen molar-refractivity contribution >= 4 is 0 Å². The van der Waals surface area contributed by atoms with Gasteiger partial charge in [0.1, 0.15) is 0 Å². The SMILES string of the molecule is [2H][C@H](CC[C@@H](C)[C@H]1CC[C@H]2[C@@H]3CC=C4C[C@@H](O)CC[C@]4(C)[C@H]3CC[C@]12C)C(C)C. The maximum absolute atomic E-state index is 10.2. The lowest BCUT2D eigenvalue weighted by atomic mass is 9.47. The zero-order valence-electron chi connectivity index (χ0n) is 20.2. The molecule has 0 bridgehead atoms. The zero-order chi connectivity index (χ0) is 21.0. The summed E-state index contributed by atoms with van der Waals surface area (Å²) in [6.45, 7) is 12.1. The van der Waals surface area contributed by atoms with Crippen LogP contribution in [0.3, 0.4) is 0 Å². The van der Waals surface area contributed by atoms with Crippen molar-refractivity contribution in [2.45, 2.75) is 111 Å². The van der Waals surface area contributed by atoms with Gasteiger partial charge in [0.15, 0.2) is 0 Å². The third kappa shape index (κ3) is 3.42. The Bertz CT molecular complexity index is 626. The van der Waals surface area contributed by atoms with Gasteiger partial charge in [0.25, 0.3) is 0 Å². The van der Waals surface area contributed by atoms with Gasteiger partial charge in [0.2, 0.25) is 0 Å². The molecule has 0 aromatic rings. The molecule has 0 radical (unpaired) electrons. The van der Waals surface area contributed by atoms with Crippen molar-refractivity contribution in [3.05, 3.63) is 11.6 Å². The average Bonchev–Trinajstić information content (AvgIpc) is 3.03. The summed E-state index contributed by atoms with van der Waals surface area (Å²) in [4.78, 5) is 0. The molecule has 4 aliphatic carbocycles. The molecule has 4 rings (SSSR count). The van der Waals surface area contributed by atoms with Crippen LogP contribution >= 0.6 is 0 Å². The van der Waals surface area contributed by atoms with Crippen molar-refractivity contribution in [1.29, 1.82) is 0 Å². The second kappa shape index (κ2) is 7.75. The highest BCUT2D eigenvalue weighted by atomic mass is 16.3. The molecule has 0 spiro atoms. The van der Waals surface area contributed by atoms with Gasteiger partial charge in [-0.1, -0.05) is 65.5 Å². The first-order valence-electron chi connectivity index (χ1n) is 13.0. The van der Waals surface area contributed by atoms with Crippen molar-refractivity contribution in [3.8, 4) is 0 Å². The molecule has 0 heterocycles. The summed E-state index contributed by atoms with van der Waals surface area (Å²) in [5.41, 5.74) is 2.48. The third-order valence-electron chi connectivity index (χ3n) is 10.1. The van der Waals surface area contributed by atoms with E-state index in [1.165, 1.54) is 44.9 Å². The van der Waals surface area contributed by atoms with Crippen LogP contribution in [0.25, 0.3) is 0 Å². The summed E-state index contributed by atoms with van der Waals surface area (Å²) in [7, 11) is 0. The Morgan fingerprint density at radius 2 is 1.89 bits per heavy atom. The largest absolute Gasteiger partial charge is 0.393 e. The summed E-state index contributed by atoms with van der Waals surface area (Å²) in [6, 6.07) is 0. The summed E-state index contributed by atoms with van der Waals surface area (Å²) in [5, 5.41) is 10.2. The highest BCUT2D eigenvalue weighted by molar-refractivity contribution is 5.25. The Morgan fingerprint density at radius 3 is 2.64 bits per heavy atom. The van der Waals surface area contributed by atoms with Crippen LogP contribution in [0.5, 0.6) is 0 Å². The number of hydrogen-bond acceptors (Lipinski definition) is 1. The molecule has 0 aliphatic heterocycles. The Labute approximate surface area is 176 Å². The number of rotatable bonds is 5. The van der Waals surface area contributed by atoms with Crippen molar-refractivity contribution in [1.82, 2.24) is 0 Å². The fourth-order valence-electron chi connectivity index (χ4n) is 8.51. The minimum atomic E-state index is -0.0943. The van der Waals surface area contributed by atoms with Crippen LogP contribution in [-0.4, -0.2) is 11.2 Å². The fourth-order valence-corrected chi connectivity index (χ4v) is 8.51. The van der Waals surface area contributed by atoms with Crippen LogP contribution in [-0.2, 0) is 0 Å². The summed E-state index contributed by atoms with van der Waals surface area (Å²) < 4.78 is 8.34. The number of fused-ring (bicyclic) bond motifs is 5. The summed E-state index contributed by atoms with van der Waals surface area (Å²) >= 11 is 0. The summed E-state index contributed by atoms with van der Waals surface area (Å²) in [5.74, 6) is 4.73. The van der Waals surface area contributed by atoms with Crippen LogP contribution in [0, 0.1) is 46.3 Å². The van der Waals surface area contributed by atoms with E-state index >= 15 is 0 Å². The molecule has 0 saturated heterocycles. The molecule has 9 atom stereocenters. The van der Waals surface area contributed by atoms with E-state index in [0.29, 0.717) is 16.7 Å². The Hall–Kier alpha value is -0.300. The second-order valence-electron chi connectivity index (χ2n) is 11.9. The third-order valence-corrected chi connectivity index (χ3v) is 10.1. The highest BCUT2D eigenvalue weighted by Gasteiger charge is 2.59. The number of aliphatic hydroxyl groups is 1. The fraction of sp³-hybridized carbons (Fsp3) is 0.926. The van der Waals surface area contributed by atoms with E-state index in [2.05, 4.69) is 40.7 Å². The molecule has 0 aromatic heterocycles. The molecule has 1 heteroatoms. The van der Waals surface area contributed by atoms with Crippen LogP contribution in [0.1, 0.15) is 107 Å². The molecule has 0 amide bonds. The van der Waals surface area contributed by atoms with E-state index in [0.717, 1.165) is 48.9 Å². The molecular formula is C27H46O. The van der Waals surface area contributed by atoms with Gasteiger partial charge in [0.05, 0.1) is 6.10 Å². The van der Waals surface area contributed by atoms with Crippen molar-refractivity contribution in [2.75, 3.05) is 0 Å². The van der Waals surface area contributed by atoms with Crippen molar-refractivity contribution in [3.63, 3.8) is 0 Å². The maximum atomic E-state index is 10.2. The predicted molar refractivity (Wildman–Crippen MR) is 119 cm³/mol. The van der Waals surface area contributed by atoms with E-state index in [1.54, 1.807) is 5.57 Å². The monoisotopic (exact) mass is 387 g/mol. The topological polar surface area (TPSA) is 20.2 Å². The van der Waals surface area contributed by atoms with Gasteiger partial charge in [-0.05, 0) is 97.7 Å². The van der Waals surface area contributed by atoms with Gasteiger partial charge in [-0.2, -0.15) is 0 Å². The quantitative estimate of drug-likeness (QED) is 0.488. The highest BCUT2D eigenvalue weighted by Crippen LogP contribution is 2.67. The molecule has 0 unspecified atom stereocenters. The van der Waals surface area contributed by atoms with Crippen molar-refractivity contribution in [2.24, 2.45) is 46.3 Å². The molecular weight excluding hydrogens is 340 g/mol. The first-order valence-corrected chi connectivity index (χ1v) is 12.5. The molecule has 4 aliphatic rings. The number of aliphatic hydroxyl groups excluding tert-OH is 1. The second-order valence-corrected chi connectivity index (χ2v) is 11.9. The zero-order valence-corrected chi connectivity index (χ0v) is 19.2. The van der Waals surface area contributed by atoms with Gasteiger partial charge in [-0.3, -0.25) is 0 Å². The van der Waals surface area contributed by atoms with E-state index in [-0.39, 0.29) is 12.5 Å². The normalized spacial score (nSPS) is 48.2. The lowest BCUT2D eigenvalue weighted by Gasteiger charge is -2.58. The van der Waals surface area contributed by atoms with Crippen LogP contribution in [0.4, 0.5) is 0 Å². The van der Waals surface area contributed by atoms with Gasteiger partial charge in [0, 0.05) is 1.37 Å². The molecule has 0 aromatic carbocycles. The van der Waals surface area contributed by atoms with Crippen LogP contribution in [0.15, 0.2) is 11.6 Å². The summed E-state index contributed by atoms with van der Waals surface area (Å²) in [6.07, 6.45) is 15.0. The minimum Gasteiger partial charge on any atom is -0.393 e. The Kier molecular flexibility index (Phi) is 5.44. The minimum absolute atomic E-state index is 0.0943. The first-order chi connectivity index (χ1) is 13.7. The van der Waals surface area contributed by atoms with E-state index in [1.807, 2.05) is 0 Å². The standard InChI is InChI=1S/C27H46O/c1-18(2)7-6-8-19(3)23-11-12-24-22-10-9-20-17-21(28)13-15-26(20,4)25(22)14-16-27(23,24)5/h9,18-19,21-25,28H,6-8,10-17H2,1-5H3/t19-,21+,22+,23-,24+,25+,26+,27-/m1/s1/i7D/t7-,19-,21+,22+,23-,24+,25+,26+,27-. The lowest BCUT2D eigenvalue weighted by molar-refractivity contribution is -0.0573. The Balaban J connectivity index is 1.49. The maximum Gasteiger partial charge on any atom is 0.0577 e. The van der Waals surface area contributed by atoms with Gasteiger partial charge in [-0.25, -0.2) is 0 Å². The molecule has 160 valence electrons. The van der Waals surface area contributed by atoms with Crippen LogP contribution < -0.4 is 0 Å². The average molecular weight is 388 g/mol. The molecule has 28 heavy (non-hydrogen) atoms. The van der Waals surface area contributed by atoms with Crippen LogP contribution in [0.2, 0.25) is 0 Å². The predicted octanol–water partition coefficient (Wildman–Crippen LogP) is 7.39. The van der Waals surface area contributed by atoms with Crippen molar-refractivity contribution < 1.29 is 6.48 Å². The Morgan fingerprint density at radius 1 is 1.11 bits per heavy atom.